The maximum Gasteiger partial charge on any atom is 0.140 e. The molecule has 1 aliphatic heterocycles. The number of aromatic nitrogens is 2. The summed E-state index contributed by atoms with van der Waals surface area (Å²) in [5.74, 6) is 0. The minimum atomic E-state index is 0.604. The molecule has 0 amide bonds. The zero-order valence-corrected chi connectivity index (χ0v) is 7.27. The van der Waals surface area contributed by atoms with Gasteiger partial charge in [0, 0.05) is 30.9 Å². The summed E-state index contributed by atoms with van der Waals surface area (Å²) in [6, 6.07) is 6.81. The van der Waals surface area contributed by atoms with Crippen LogP contribution in [0.5, 0.6) is 0 Å². The fourth-order valence-electron chi connectivity index (χ4n) is 1.75. The standard InChI is InChI=1S/C10H11N3/c1-2-8-3-5-13(9-6-11-7-9)10(8)12-4-1/h1-5,9,11H,6-7H2. The van der Waals surface area contributed by atoms with Gasteiger partial charge in [0.2, 0.25) is 0 Å². The van der Waals surface area contributed by atoms with Crippen molar-refractivity contribution in [3.05, 3.63) is 30.6 Å². The van der Waals surface area contributed by atoms with Crippen LogP contribution in [0.2, 0.25) is 0 Å². The predicted octanol–water partition coefficient (Wildman–Crippen LogP) is 1.18. The van der Waals surface area contributed by atoms with E-state index in [4.69, 9.17) is 0 Å². The first-order chi connectivity index (χ1) is 6.45. The summed E-state index contributed by atoms with van der Waals surface area (Å²) in [6.45, 7) is 2.14. The van der Waals surface area contributed by atoms with Crippen molar-refractivity contribution in [3.8, 4) is 0 Å². The van der Waals surface area contributed by atoms with E-state index < -0.39 is 0 Å². The van der Waals surface area contributed by atoms with E-state index in [0.717, 1.165) is 18.7 Å². The Bertz CT molecular complexity index is 428. The summed E-state index contributed by atoms with van der Waals surface area (Å²) >= 11 is 0. The molecule has 0 unspecified atom stereocenters. The fourth-order valence-corrected chi connectivity index (χ4v) is 1.75. The number of hydrogen-bond donors (Lipinski definition) is 1. The molecule has 0 aromatic carbocycles. The second kappa shape index (κ2) is 2.57. The van der Waals surface area contributed by atoms with Crippen molar-refractivity contribution in [1.82, 2.24) is 14.9 Å². The molecule has 0 spiro atoms. The minimum Gasteiger partial charge on any atom is -0.327 e. The Morgan fingerprint density at radius 1 is 1.38 bits per heavy atom. The molecular weight excluding hydrogens is 162 g/mol. The van der Waals surface area contributed by atoms with Crippen molar-refractivity contribution >= 4 is 11.0 Å². The maximum atomic E-state index is 4.38. The van der Waals surface area contributed by atoms with Gasteiger partial charge in [-0.15, -0.1) is 0 Å². The molecule has 3 rings (SSSR count). The average molecular weight is 173 g/mol. The lowest BCUT2D eigenvalue weighted by atomic mass is 10.2. The largest absolute Gasteiger partial charge is 0.327 e. The van der Waals surface area contributed by atoms with Crippen LogP contribution in [0.4, 0.5) is 0 Å². The molecule has 0 aliphatic carbocycles. The molecule has 13 heavy (non-hydrogen) atoms. The first-order valence-electron chi connectivity index (χ1n) is 4.57. The van der Waals surface area contributed by atoms with Gasteiger partial charge in [0.05, 0.1) is 6.04 Å². The van der Waals surface area contributed by atoms with E-state index in [2.05, 4.69) is 33.2 Å². The quantitative estimate of drug-likeness (QED) is 0.701. The zero-order chi connectivity index (χ0) is 8.67. The van der Waals surface area contributed by atoms with Gasteiger partial charge in [0.1, 0.15) is 5.65 Å². The Labute approximate surface area is 76.4 Å². The van der Waals surface area contributed by atoms with Gasteiger partial charge in [-0.3, -0.25) is 0 Å². The summed E-state index contributed by atoms with van der Waals surface area (Å²) in [6.07, 6.45) is 3.98. The van der Waals surface area contributed by atoms with Crippen molar-refractivity contribution in [3.63, 3.8) is 0 Å². The molecule has 3 nitrogen and oxygen atoms in total. The van der Waals surface area contributed by atoms with Crippen LogP contribution in [0, 0.1) is 0 Å². The lowest BCUT2D eigenvalue weighted by Crippen LogP contribution is -2.43. The van der Waals surface area contributed by atoms with Crippen molar-refractivity contribution < 1.29 is 0 Å². The molecule has 2 aromatic rings. The second-order valence-corrected chi connectivity index (χ2v) is 3.45. The van der Waals surface area contributed by atoms with Crippen molar-refractivity contribution in [2.75, 3.05) is 13.1 Å². The second-order valence-electron chi connectivity index (χ2n) is 3.45. The Hall–Kier alpha value is -1.35. The van der Waals surface area contributed by atoms with Gasteiger partial charge in [0.15, 0.2) is 0 Å². The average Bonchev–Trinajstić information content (AvgIpc) is 2.47. The molecule has 3 heterocycles. The van der Waals surface area contributed by atoms with Crippen LogP contribution >= 0.6 is 0 Å². The lowest BCUT2D eigenvalue weighted by molar-refractivity contribution is 0.350. The van der Waals surface area contributed by atoms with Crippen molar-refractivity contribution in [2.45, 2.75) is 6.04 Å². The Balaban J connectivity index is 2.17. The van der Waals surface area contributed by atoms with Gasteiger partial charge in [-0.05, 0) is 18.2 Å². The van der Waals surface area contributed by atoms with E-state index in [9.17, 15) is 0 Å². The smallest absolute Gasteiger partial charge is 0.140 e. The molecular formula is C10H11N3. The summed E-state index contributed by atoms with van der Waals surface area (Å²) < 4.78 is 2.26. The molecule has 0 bridgehead atoms. The molecule has 0 atom stereocenters. The molecule has 1 fully saturated rings. The Morgan fingerprint density at radius 2 is 2.31 bits per heavy atom. The number of nitrogens with one attached hydrogen (secondary N) is 1. The Morgan fingerprint density at radius 3 is 3.08 bits per heavy atom. The molecule has 0 saturated carbocycles. The molecule has 0 radical (unpaired) electrons. The third-order valence-corrected chi connectivity index (χ3v) is 2.63. The normalized spacial score (nSPS) is 17.5. The maximum absolute atomic E-state index is 4.38. The molecule has 1 saturated heterocycles. The van der Waals surface area contributed by atoms with Gasteiger partial charge in [-0.25, -0.2) is 4.98 Å². The van der Waals surface area contributed by atoms with Gasteiger partial charge in [0.25, 0.3) is 0 Å². The van der Waals surface area contributed by atoms with Gasteiger partial charge < -0.3 is 9.88 Å². The summed E-state index contributed by atoms with van der Waals surface area (Å²) in [5.41, 5.74) is 1.11. The number of rotatable bonds is 1. The van der Waals surface area contributed by atoms with Crippen LogP contribution in [0.15, 0.2) is 30.6 Å². The lowest BCUT2D eigenvalue weighted by Gasteiger charge is -2.28. The predicted molar refractivity (Wildman–Crippen MR) is 51.6 cm³/mol. The van der Waals surface area contributed by atoms with E-state index in [1.54, 1.807) is 0 Å². The van der Waals surface area contributed by atoms with Gasteiger partial charge in [-0.2, -0.15) is 0 Å². The highest BCUT2D eigenvalue weighted by atomic mass is 15.2. The molecule has 3 heteroatoms. The van der Waals surface area contributed by atoms with E-state index in [-0.39, 0.29) is 0 Å². The molecule has 1 aliphatic rings. The fraction of sp³-hybridized carbons (Fsp3) is 0.300. The first kappa shape index (κ1) is 7.09. The summed E-state index contributed by atoms with van der Waals surface area (Å²) in [5, 5.41) is 4.50. The third-order valence-electron chi connectivity index (χ3n) is 2.63. The highest BCUT2D eigenvalue weighted by Crippen LogP contribution is 2.19. The zero-order valence-electron chi connectivity index (χ0n) is 7.27. The number of hydrogen-bond acceptors (Lipinski definition) is 2. The van der Waals surface area contributed by atoms with Gasteiger partial charge >= 0.3 is 0 Å². The minimum absolute atomic E-state index is 0.604. The van der Waals surface area contributed by atoms with Crippen LogP contribution in [-0.4, -0.2) is 22.6 Å². The number of fused-ring (bicyclic) bond motifs is 1. The third kappa shape index (κ3) is 0.971. The Kier molecular flexibility index (Phi) is 1.40. The monoisotopic (exact) mass is 173 g/mol. The van der Waals surface area contributed by atoms with E-state index in [0.29, 0.717) is 6.04 Å². The van der Waals surface area contributed by atoms with Crippen LogP contribution in [-0.2, 0) is 0 Å². The number of nitrogens with zero attached hydrogens (tertiary/aromatic N) is 2. The first-order valence-corrected chi connectivity index (χ1v) is 4.57. The highest BCUT2D eigenvalue weighted by Gasteiger charge is 2.19. The van der Waals surface area contributed by atoms with Crippen LogP contribution in [0.1, 0.15) is 6.04 Å². The summed E-state index contributed by atoms with van der Waals surface area (Å²) in [7, 11) is 0. The van der Waals surface area contributed by atoms with Crippen LogP contribution in [0.25, 0.3) is 11.0 Å². The van der Waals surface area contributed by atoms with Crippen LogP contribution < -0.4 is 5.32 Å². The molecule has 66 valence electrons. The van der Waals surface area contributed by atoms with Gasteiger partial charge in [-0.1, -0.05) is 0 Å². The van der Waals surface area contributed by atoms with E-state index in [1.165, 1.54) is 5.39 Å². The van der Waals surface area contributed by atoms with Crippen molar-refractivity contribution in [1.29, 1.82) is 0 Å². The highest BCUT2D eigenvalue weighted by molar-refractivity contribution is 5.75. The van der Waals surface area contributed by atoms with Crippen LogP contribution in [0.3, 0.4) is 0 Å². The van der Waals surface area contributed by atoms with E-state index in [1.807, 2.05) is 12.3 Å². The number of pyridine rings is 1. The SMILES string of the molecule is c1cnc2c(c1)ccn2C1CNC1. The van der Waals surface area contributed by atoms with E-state index >= 15 is 0 Å². The topological polar surface area (TPSA) is 29.9 Å². The molecule has 1 N–H and O–H groups in total. The van der Waals surface area contributed by atoms with Crippen molar-refractivity contribution in [2.24, 2.45) is 0 Å². The molecule has 2 aromatic heterocycles. The summed E-state index contributed by atoms with van der Waals surface area (Å²) in [4.78, 5) is 4.38.